The molecule has 1 fully saturated rings. The van der Waals surface area contributed by atoms with E-state index in [-0.39, 0.29) is 24.8 Å². The van der Waals surface area contributed by atoms with Gasteiger partial charge in [0.15, 0.2) is 12.4 Å². The quantitative estimate of drug-likeness (QED) is 0.897. The Labute approximate surface area is 122 Å². The third-order valence-electron chi connectivity index (χ3n) is 3.36. The van der Waals surface area contributed by atoms with E-state index in [9.17, 15) is 0 Å². The predicted octanol–water partition coefficient (Wildman–Crippen LogP) is 2.11. The fourth-order valence-electron chi connectivity index (χ4n) is 1.98. The molecule has 108 valence electrons. The Bertz CT molecular complexity index is 566. The van der Waals surface area contributed by atoms with Gasteiger partial charge < -0.3 is 20.1 Å². The molecule has 1 saturated carbocycles. The number of hydrogen-bond acceptors (Lipinski definition) is 6. The number of aromatic nitrogens is 2. The van der Waals surface area contributed by atoms with Crippen molar-refractivity contribution in [3.63, 3.8) is 0 Å². The summed E-state index contributed by atoms with van der Waals surface area (Å²) in [6, 6.07) is 6.45. The average Bonchev–Trinajstić information content (AvgIpc) is 2.84. The van der Waals surface area contributed by atoms with E-state index in [1.54, 1.807) is 24.3 Å². The van der Waals surface area contributed by atoms with Crippen LogP contribution in [0.2, 0.25) is 0 Å². The first-order chi connectivity index (χ1) is 9.16. The van der Waals surface area contributed by atoms with E-state index in [1.807, 2.05) is 0 Å². The van der Waals surface area contributed by atoms with Gasteiger partial charge in [-0.2, -0.15) is 4.98 Å². The molecule has 0 amide bonds. The standard InChI is InChI=1S/C13H15N3O3.ClH/c14-13(6-1-7-13)12-15-11(19-16-12)8-18-10-4-2-9(17)3-5-10;/h2-5,17H,1,6-8,14H2;1H. The van der Waals surface area contributed by atoms with Gasteiger partial charge in [-0.25, -0.2) is 0 Å². The lowest BCUT2D eigenvalue weighted by molar-refractivity contribution is 0.223. The maximum atomic E-state index is 9.16. The average molecular weight is 298 g/mol. The van der Waals surface area contributed by atoms with Crippen LogP contribution in [0.3, 0.4) is 0 Å². The van der Waals surface area contributed by atoms with Crippen molar-refractivity contribution in [3.05, 3.63) is 36.0 Å². The Hall–Kier alpha value is -1.79. The van der Waals surface area contributed by atoms with Crippen LogP contribution in [0.1, 0.15) is 31.0 Å². The van der Waals surface area contributed by atoms with E-state index in [2.05, 4.69) is 10.1 Å². The second kappa shape index (κ2) is 5.68. The summed E-state index contributed by atoms with van der Waals surface area (Å²) in [4.78, 5) is 4.26. The number of nitrogens with zero attached hydrogens (tertiary/aromatic N) is 2. The summed E-state index contributed by atoms with van der Waals surface area (Å²) >= 11 is 0. The Morgan fingerprint density at radius 1 is 1.30 bits per heavy atom. The Kier molecular flexibility index (Phi) is 4.15. The van der Waals surface area contributed by atoms with Crippen LogP contribution in [0.5, 0.6) is 11.5 Å². The topological polar surface area (TPSA) is 94.4 Å². The number of benzene rings is 1. The van der Waals surface area contributed by atoms with E-state index >= 15 is 0 Å². The van der Waals surface area contributed by atoms with Crippen molar-refractivity contribution in [2.24, 2.45) is 5.73 Å². The molecule has 2 aromatic rings. The lowest BCUT2D eigenvalue weighted by Gasteiger charge is -2.34. The number of ether oxygens (including phenoxy) is 1. The molecular formula is C13H16ClN3O3. The minimum absolute atomic E-state index is 0. The van der Waals surface area contributed by atoms with Crippen LogP contribution >= 0.6 is 12.4 Å². The number of hydrogen-bond donors (Lipinski definition) is 2. The first-order valence-corrected chi connectivity index (χ1v) is 6.19. The highest BCUT2D eigenvalue weighted by Gasteiger charge is 2.38. The van der Waals surface area contributed by atoms with Crippen LogP contribution < -0.4 is 10.5 Å². The molecule has 6 nitrogen and oxygen atoms in total. The molecule has 1 aliphatic rings. The van der Waals surface area contributed by atoms with Crippen molar-refractivity contribution in [1.82, 2.24) is 10.1 Å². The van der Waals surface area contributed by atoms with Crippen LogP contribution in [0, 0.1) is 0 Å². The maximum Gasteiger partial charge on any atom is 0.264 e. The van der Waals surface area contributed by atoms with Crippen LogP contribution in [0.25, 0.3) is 0 Å². The third kappa shape index (κ3) is 2.86. The molecule has 0 aliphatic heterocycles. The largest absolute Gasteiger partial charge is 0.508 e. The SMILES string of the molecule is Cl.NC1(c2noc(COc3ccc(O)cc3)n2)CCC1. The number of rotatable bonds is 4. The van der Waals surface area contributed by atoms with Crippen LogP contribution in [0.4, 0.5) is 0 Å². The van der Waals surface area contributed by atoms with E-state index < -0.39 is 5.54 Å². The Morgan fingerprint density at radius 2 is 2.00 bits per heavy atom. The van der Waals surface area contributed by atoms with Crippen molar-refractivity contribution in [2.75, 3.05) is 0 Å². The highest BCUT2D eigenvalue weighted by Crippen LogP contribution is 2.36. The summed E-state index contributed by atoms with van der Waals surface area (Å²) in [5.74, 6) is 1.79. The number of aromatic hydroxyl groups is 1. The maximum absolute atomic E-state index is 9.16. The zero-order valence-corrected chi connectivity index (χ0v) is 11.6. The third-order valence-corrected chi connectivity index (χ3v) is 3.36. The normalized spacial score (nSPS) is 16.1. The number of nitrogens with two attached hydrogens (primary N) is 1. The van der Waals surface area contributed by atoms with E-state index in [1.165, 1.54) is 0 Å². The predicted molar refractivity (Wildman–Crippen MR) is 73.7 cm³/mol. The molecule has 0 atom stereocenters. The Balaban J connectivity index is 0.00000147. The van der Waals surface area contributed by atoms with Gasteiger partial charge in [0, 0.05) is 0 Å². The zero-order chi connectivity index (χ0) is 13.3. The first-order valence-electron chi connectivity index (χ1n) is 6.19. The first kappa shape index (κ1) is 14.6. The molecule has 1 aliphatic carbocycles. The number of halogens is 1. The molecule has 20 heavy (non-hydrogen) atoms. The summed E-state index contributed by atoms with van der Waals surface area (Å²) in [6.45, 7) is 0.188. The molecule has 0 saturated heterocycles. The molecule has 7 heteroatoms. The van der Waals surface area contributed by atoms with Gasteiger partial charge in [0.2, 0.25) is 0 Å². The highest BCUT2D eigenvalue weighted by molar-refractivity contribution is 5.85. The van der Waals surface area contributed by atoms with Crippen molar-refractivity contribution >= 4 is 12.4 Å². The van der Waals surface area contributed by atoms with E-state index in [0.29, 0.717) is 17.5 Å². The van der Waals surface area contributed by atoms with Gasteiger partial charge in [0.05, 0.1) is 5.54 Å². The summed E-state index contributed by atoms with van der Waals surface area (Å²) in [5, 5.41) is 13.1. The molecule has 3 rings (SSSR count). The summed E-state index contributed by atoms with van der Waals surface area (Å²) in [7, 11) is 0. The van der Waals surface area contributed by atoms with Gasteiger partial charge >= 0.3 is 0 Å². The van der Waals surface area contributed by atoms with Crippen molar-refractivity contribution in [2.45, 2.75) is 31.4 Å². The van der Waals surface area contributed by atoms with Crippen LogP contribution in [-0.2, 0) is 12.1 Å². The Morgan fingerprint density at radius 3 is 2.60 bits per heavy atom. The second-order valence-electron chi connectivity index (χ2n) is 4.80. The van der Waals surface area contributed by atoms with Crippen LogP contribution in [-0.4, -0.2) is 15.2 Å². The molecule has 1 heterocycles. The van der Waals surface area contributed by atoms with Gasteiger partial charge in [0.1, 0.15) is 11.5 Å². The molecule has 3 N–H and O–H groups in total. The van der Waals surface area contributed by atoms with Gasteiger partial charge in [0.25, 0.3) is 5.89 Å². The van der Waals surface area contributed by atoms with Crippen LogP contribution in [0.15, 0.2) is 28.8 Å². The fraction of sp³-hybridized carbons (Fsp3) is 0.385. The van der Waals surface area contributed by atoms with Gasteiger partial charge in [-0.3, -0.25) is 0 Å². The van der Waals surface area contributed by atoms with Gasteiger partial charge in [-0.05, 0) is 43.5 Å². The fourth-order valence-corrected chi connectivity index (χ4v) is 1.98. The second-order valence-corrected chi connectivity index (χ2v) is 4.80. The monoisotopic (exact) mass is 297 g/mol. The molecule has 0 bridgehead atoms. The summed E-state index contributed by atoms with van der Waals surface area (Å²) in [5.41, 5.74) is 5.69. The van der Waals surface area contributed by atoms with E-state index in [4.69, 9.17) is 20.1 Å². The molecule has 1 aromatic carbocycles. The molecular weight excluding hydrogens is 282 g/mol. The number of phenols is 1. The summed E-state index contributed by atoms with van der Waals surface area (Å²) in [6.07, 6.45) is 2.89. The van der Waals surface area contributed by atoms with Crippen molar-refractivity contribution in [3.8, 4) is 11.5 Å². The lowest BCUT2D eigenvalue weighted by atomic mass is 9.77. The zero-order valence-electron chi connectivity index (χ0n) is 10.8. The minimum Gasteiger partial charge on any atom is -0.508 e. The lowest BCUT2D eigenvalue weighted by Crippen LogP contribution is -2.44. The molecule has 0 radical (unpaired) electrons. The van der Waals surface area contributed by atoms with Gasteiger partial charge in [-0.15, -0.1) is 12.4 Å². The van der Waals surface area contributed by atoms with Gasteiger partial charge in [-0.1, -0.05) is 5.16 Å². The highest BCUT2D eigenvalue weighted by atomic mass is 35.5. The number of phenolic OH excluding ortho intramolecular Hbond substituents is 1. The smallest absolute Gasteiger partial charge is 0.264 e. The van der Waals surface area contributed by atoms with Crippen molar-refractivity contribution in [1.29, 1.82) is 0 Å². The summed E-state index contributed by atoms with van der Waals surface area (Å²) < 4.78 is 10.6. The molecule has 0 unspecified atom stereocenters. The minimum atomic E-state index is -0.416. The van der Waals surface area contributed by atoms with E-state index in [0.717, 1.165) is 19.3 Å². The molecule has 1 aromatic heterocycles. The van der Waals surface area contributed by atoms with Crippen molar-refractivity contribution < 1.29 is 14.4 Å². The molecule has 0 spiro atoms.